The van der Waals surface area contributed by atoms with Gasteiger partial charge in [-0.3, -0.25) is 4.79 Å². The summed E-state index contributed by atoms with van der Waals surface area (Å²) in [6.45, 7) is 0. The van der Waals surface area contributed by atoms with Crippen LogP contribution >= 0.6 is 23.2 Å². The largest absolute Gasteiger partial charge is 0.451 e. The standard InChI is InChI=1S/C17H14Cl2N2O4S/c1-21(2)11-7-6-10-8-15(25-14(10)9-11)17(22)20-26(23,24)16-12(18)4-3-5-13(16)19/h3-9H,1-2H3,(H,20,22). The minimum atomic E-state index is -4.26. The highest BCUT2D eigenvalue weighted by atomic mass is 35.5. The first-order valence-corrected chi connectivity index (χ1v) is 9.65. The Balaban J connectivity index is 1.93. The third-order valence-corrected chi connectivity index (χ3v) is 5.94. The number of furan rings is 1. The number of nitrogens with one attached hydrogen (secondary N) is 1. The lowest BCUT2D eigenvalue weighted by molar-refractivity contribution is 0.0956. The zero-order chi connectivity index (χ0) is 19.1. The average Bonchev–Trinajstić information content (AvgIpc) is 2.97. The Morgan fingerprint density at radius 3 is 2.35 bits per heavy atom. The van der Waals surface area contributed by atoms with Crippen molar-refractivity contribution in [2.75, 3.05) is 19.0 Å². The summed E-state index contributed by atoms with van der Waals surface area (Å²) in [5.74, 6) is -1.05. The number of benzene rings is 2. The number of nitrogens with zero attached hydrogens (tertiary/aromatic N) is 1. The Labute approximate surface area is 160 Å². The van der Waals surface area contributed by atoms with E-state index in [1.165, 1.54) is 24.3 Å². The van der Waals surface area contributed by atoms with Gasteiger partial charge in [-0.05, 0) is 30.3 Å². The normalized spacial score (nSPS) is 11.5. The molecule has 0 aliphatic rings. The number of halogens is 2. The molecule has 0 aliphatic heterocycles. The second-order valence-electron chi connectivity index (χ2n) is 5.71. The van der Waals surface area contributed by atoms with E-state index < -0.39 is 15.9 Å². The summed E-state index contributed by atoms with van der Waals surface area (Å²) < 4.78 is 32.4. The second kappa shape index (κ2) is 6.83. The van der Waals surface area contributed by atoms with Crippen LogP contribution < -0.4 is 9.62 Å². The van der Waals surface area contributed by atoms with Crippen molar-refractivity contribution in [2.45, 2.75) is 4.90 Å². The third kappa shape index (κ3) is 3.51. The Hall–Kier alpha value is -2.22. The molecule has 0 spiro atoms. The molecule has 3 rings (SSSR count). The van der Waals surface area contributed by atoms with Crippen LogP contribution in [0.3, 0.4) is 0 Å². The van der Waals surface area contributed by atoms with Gasteiger partial charge in [-0.2, -0.15) is 0 Å². The number of fused-ring (bicyclic) bond motifs is 1. The molecular weight excluding hydrogens is 399 g/mol. The van der Waals surface area contributed by atoms with E-state index in [2.05, 4.69) is 0 Å². The van der Waals surface area contributed by atoms with Crippen LogP contribution in [0, 0.1) is 0 Å². The molecular formula is C17H14Cl2N2O4S. The van der Waals surface area contributed by atoms with Gasteiger partial charge in [-0.25, -0.2) is 13.1 Å². The molecule has 1 aromatic heterocycles. The van der Waals surface area contributed by atoms with Gasteiger partial charge in [0.2, 0.25) is 0 Å². The molecule has 0 saturated carbocycles. The lowest BCUT2D eigenvalue weighted by Gasteiger charge is -2.11. The number of carbonyl (C=O) groups excluding carboxylic acids is 1. The predicted octanol–water partition coefficient (Wildman–Crippen LogP) is 3.92. The first-order valence-electron chi connectivity index (χ1n) is 7.41. The summed E-state index contributed by atoms with van der Waals surface area (Å²) in [6, 6.07) is 11.1. The number of amides is 1. The molecule has 26 heavy (non-hydrogen) atoms. The van der Waals surface area contributed by atoms with Gasteiger partial charge in [-0.1, -0.05) is 29.3 Å². The fraction of sp³-hybridized carbons (Fsp3) is 0.118. The number of rotatable bonds is 4. The molecule has 1 N–H and O–H groups in total. The summed E-state index contributed by atoms with van der Waals surface area (Å²) >= 11 is 11.8. The molecule has 9 heteroatoms. The molecule has 0 fully saturated rings. The van der Waals surface area contributed by atoms with Gasteiger partial charge >= 0.3 is 5.91 Å². The Kier molecular flexibility index (Phi) is 4.88. The van der Waals surface area contributed by atoms with E-state index in [9.17, 15) is 13.2 Å². The van der Waals surface area contributed by atoms with Gasteiger partial charge in [0.15, 0.2) is 5.76 Å². The molecule has 0 saturated heterocycles. The van der Waals surface area contributed by atoms with Crippen LogP contribution in [0.1, 0.15) is 10.6 Å². The van der Waals surface area contributed by atoms with E-state index >= 15 is 0 Å². The average molecular weight is 413 g/mol. The smallest absolute Gasteiger partial charge is 0.300 e. The van der Waals surface area contributed by atoms with Crippen molar-refractivity contribution in [1.29, 1.82) is 0 Å². The summed E-state index contributed by atoms with van der Waals surface area (Å²) in [6.07, 6.45) is 0. The fourth-order valence-electron chi connectivity index (χ4n) is 2.37. The maximum absolute atomic E-state index is 12.5. The zero-order valence-corrected chi connectivity index (χ0v) is 16.1. The van der Waals surface area contributed by atoms with Crippen molar-refractivity contribution in [3.8, 4) is 0 Å². The molecule has 1 amide bonds. The number of hydrogen-bond acceptors (Lipinski definition) is 5. The maximum Gasteiger partial charge on any atom is 0.300 e. The number of hydrogen-bond donors (Lipinski definition) is 1. The molecule has 0 unspecified atom stereocenters. The Morgan fingerprint density at radius 1 is 1.08 bits per heavy atom. The lowest BCUT2D eigenvalue weighted by atomic mass is 10.2. The maximum atomic E-state index is 12.5. The van der Waals surface area contributed by atoms with Crippen molar-refractivity contribution in [3.63, 3.8) is 0 Å². The van der Waals surface area contributed by atoms with Gasteiger partial charge < -0.3 is 9.32 Å². The summed E-state index contributed by atoms with van der Waals surface area (Å²) in [5.41, 5.74) is 1.35. The summed E-state index contributed by atoms with van der Waals surface area (Å²) in [7, 11) is -0.514. The van der Waals surface area contributed by atoms with Crippen LogP contribution in [0.5, 0.6) is 0 Å². The van der Waals surface area contributed by atoms with E-state index in [1.54, 1.807) is 12.1 Å². The van der Waals surface area contributed by atoms with Gasteiger partial charge in [-0.15, -0.1) is 0 Å². The van der Waals surface area contributed by atoms with Crippen LogP contribution in [0.15, 0.2) is 51.8 Å². The first kappa shape index (κ1) is 18.6. The van der Waals surface area contributed by atoms with E-state index in [0.717, 1.165) is 5.69 Å². The van der Waals surface area contributed by atoms with E-state index in [-0.39, 0.29) is 20.7 Å². The second-order valence-corrected chi connectivity index (χ2v) is 8.15. The van der Waals surface area contributed by atoms with Gasteiger partial charge in [0, 0.05) is 31.2 Å². The third-order valence-electron chi connectivity index (χ3n) is 3.66. The molecule has 0 atom stereocenters. The fourth-order valence-corrected chi connectivity index (χ4v) is 4.48. The summed E-state index contributed by atoms with van der Waals surface area (Å²) in [5, 5.41) is 0.505. The minimum Gasteiger partial charge on any atom is -0.451 e. The van der Waals surface area contributed by atoms with Crippen LogP contribution in [0.25, 0.3) is 11.0 Å². The molecule has 2 aromatic carbocycles. The van der Waals surface area contributed by atoms with Crippen molar-refractivity contribution >= 4 is 55.8 Å². The Morgan fingerprint density at radius 2 is 1.73 bits per heavy atom. The van der Waals surface area contributed by atoms with Crippen LogP contribution in [0.4, 0.5) is 5.69 Å². The molecule has 0 bridgehead atoms. The molecule has 0 aliphatic carbocycles. The molecule has 0 radical (unpaired) electrons. The van der Waals surface area contributed by atoms with Crippen LogP contribution in [-0.2, 0) is 10.0 Å². The van der Waals surface area contributed by atoms with E-state index in [1.807, 2.05) is 29.8 Å². The van der Waals surface area contributed by atoms with Gasteiger partial charge in [0.05, 0.1) is 10.0 Å². The molecule has 3 aromatic rings. The highest BCUT2D eigenvalue weighted by Crippen LogP contribution is 2.29. The van der Waals surface area contributed by atoms with Crippen molar-refractivity contribution < 1.29 is 17.6 Å². The highest BCUT2D eigenvalue weighted by Gasteiger charge is 2.26. The van der Waals surface area contributed by atoms with Gasteiger partial charge in [0.25, 0.3) is 10.0 Å². The monoisotopic (exact) mass is 412 g/mol. The van der Waals surface area contributed by atoms with E-state index in [4.69, 9.17) is 27.6 Å². The topological polar surface area (TPSA) is 79.6 Å². The van der Waals surface area contributed by atoms with Crippen LogP contribution in [-0.4, -0.2) is 28.4 Å². The van der Waals surface area contributed by atoms with Crippen molar-refractivity contribution in [3.05, 3.63) is 58.3 Å². The quantitative estimate of drug-likeness (QED) is 0.701. The minimum absolute atomic E-state index is 0.0852. The first-order chi connectivity index (χ1) is 12.2. The number of sulfonamides is 1. The number of anilines is 1. The molecule has 136 valence electrons. The van der Waals surface area contributed by atoms with E-state index in [0.29, 0.717) is 11.0 Å². The lowest BCUT2D eigenvalue weighted by Crippen LogP contribution is -2.30. The SMILES string of the molecule is CN(C)c1ccc2cc(C(=O)NS(=O)(=O)c3c(Cl)cccc3Cl)oc2c1. The van der Waals surface area contributed by atoms with Crippen LogP contribution in [0.2, 0.25) is 10.0 Å². The molecule has 1 heterocycles. The Bertz CT molecular complexity index is 1090. The molecule has 6 nitrogen and oxygen atoms in total. The van der Waals surface area contributed by atoms with Crippen molar-refractivity contribution in [1.82, 2.24) is 4.72 Å². The predicted molar refractivity (Wildman–Crippen MR) is 102 cm³/mol. The summed E-state index contributed by atoms with van der Waals surface area (Å²) in [4.78, 5) is 13.9. The number of carbonyl (C=O) groups is 1. The zero-order valence-electron chi connectivity index (χ0n) is 13.8. The highest BCUT2D eigenvalue weighted by molar-refractivity contribution is 7.90. The van der Waals surface area contributed by atoms with Gasteiger partial charge in [0.1, 0.15) is 10.5 Å². The van der Waals surface area contributed by atoms with Crippen molar-refractivity contribution in [2.24, 2.45) is 0 Å².